The number of rotatable bonds is 40. The summed E-state index contributed by atoms with van der Waals surface area (Å²) in [6.45, 7) is 7.56. The molecule has 2 aromatic carbocycles. The van der Waals surface area contributed by atoms with E-state index in [-0.39, 0.29) is 78.4 Å². The Morgan fingerprint density at radius 3 is 2.07 bits per heavy atom. The average Bonchev–Trinajstić information content (AvgIpc) is 2.73. The molecule has 7 amide bonds. The molecule has 87 heavy (non-hydrogen) atoms. The molecule has 0 saturated heterocycles. The Hall–Kier alpha value is -7.42. The van der Waals surface area contributed by atoms with E-state index < -0.39 is 94.9 Å². The first-order valence-corrected chi connectivity index (χ1v) is 32.1. The standard InChI is InChI=1S/C57H83N17O10S3/c1-33-47(73-51(74-49(33)61)41(29-45(60)76)67-30-38(59)50(62)78)56(83)69-39(18-26-87(3)84)55(82)70-40(27-35-11-5-4-6-12-35)48(77)34(2)52(79)71-42(28-36-13-15-37(75)16-14-36)53(80)66-25-17-46-68-44(32-85-46)57-72-43(31-86-57)54(81)65-24-10-23-64-21-8-7-20-63-22-9-19-58/h4-6,11-16,31-32,34,38-42,48,63-64,67,75,77H,7-10,17-30,58-59H2,1-3H3,(H2,60,76)(H2,62,78)(H,65,81)(H,66,80)(H,69,83)(H,70,82)(H,71,79)(H2,61,73,74)/t34-,38-,39-,40+,41-,42-,48-,87?/m0/s1. The molecule has 0 fully saturated rings. The number of unbranched alkanes of at least 4 members (excludes halogenated alkanes) is 1. The van der Waals surface area contributed by atoms with E-state index >= 15 is 0 Å². The van der Waals surface area contributed by atoms with Crippen LogP contribution in [0, 0.1) is 12.8 Å². The largest absolute Gasteiger partial charge is 0.508 e. The minimum atomic E-state index is -1.61. The third kappa shape index (κ3) is 24.0. The van der Waals surface area contributed by atoms with Crippen molar-refractivity contribution in [2.75, 3.05) is 70.1 Å². The zero-order chi connectivity index (χ0) is 63.4. The summed E-state index contributed by atoms with van der Waals surface area (Å²) < 4.78 is 12.5. The van der Waals surface area contributed by atoms with E-state index in [1.165, 1.54) is 54.9 Å². The molecule has 30 heteroatoms. The highest BCUT2D eigenvalue weighted by Crippen LogP contribution is 2.26. The fourth-order valence-electron chi connectivity index (χ4n) is 8.74. The second kappa shape index (κ2) is 36.7. The van der Waals surface area contributed by atoms with Crippen molar-refractivity contribution in [1.29, 1.82) is 0 Å². The topological polar surface area (TPSA) is 455 Å². The van der Waals surface area contributed by atoms with E-state index in [0.717, 1.165) is 51.9 Å². The maximum Gasteiger partial charge on any atom is 0.271 e. The molecule has 0 bridgehead atoms. The van der Waals surface area contributed by atoms with E-state index in [9.17, 15) is 48.0 Å². The lowest BCUT2D eigenvalue weighted by molar-refractivity contribution is -0.134. The van der Waals surface area contributed by atoms with Gasteiger partial charge in [-0.05, 0) is 101 Å². The SMILES string of the molecule is Cc1c(N)nc([C@H](CC(N)=O)NC[C@H](N)C(N)=O)nc1C(=O)N[C@@H](CCS(C)=O)C(=O)N[C@H](Cc1ccccc1)[C@@H](O)[C@H](C)C(=O)N[C@@H](Cc1ccc(O)cc1)C(=O)NCCc1nc(-c2nc(C(=O)NCCCNCCCCNCCCN)cs2)cs1. The molecule has 1 unspecified atom stereocenters. The molecule has 3 heterocycles. The number of nitrogen functional groups attached to an aromatic ring is 1. The number of benzene rings is 2. The summed E-state index contributed by atoms with van der Waals surface area (Å²) in [6, 6.07) is 8.88. The van der Waals surface area contributed by atoms with Crippen LogP contribution in [0.25, 0.3) is 10.7 Å². The molecule has 8 atom stereocenters. The summed E-state index contributed by atoms with van der Waals surface area (Å²) in [5.41, 5.74) is 30.3. The van der Waals surface area contributed by atoms with Crippen LogP contribution >= 0.6 is 22.7 Å². The number of nitrogens with one attached hydrogen (secondary N) is 8. The van der Waals surface area contributed by atoms with E-state index in [2.05, 4.69) is 57.5 Å². The third-order valence-corrected chi connectivity index (χ3v) is 16.4. The zero-order valence-corrected chi connectivity index (χ0v) is 51.6. The molecule has 0 spiro atoms. The van der Waals surface area contributed by atoms with Crippen LogP contribution in [0.15, 0.2) is 65.4 Å². The summed E-state index contributed by atoms with van der Waals surface area (Å²) >= 11 is 2.65. The first-order chi connectivity index (χ1) is 41.6. The van der Waals surface area contributed by atoms with Gasteiger partial charge in [0.05, 0.1) is 35.2 Å². The number of hydrogen-bond acceptors (Lipinski definition) is 22. The predicted molar refractivity (Wildman–Crippen MR) is 334 cm³/mol. The first-order valence-electron chi connectivity index (χ1n) is 28.6. The number of nitrogens with two attached hydrogens (primary N) is 5. The highest BCUT2D eigenvalue weighted by molar-refractivity contribution is 7.84. The maximum atomic E-state index is 14.5. The number of carbonyl (C=O) groups is 7. The fraction of sp³-hybridized carbons (Fsp3) is 0.491. The Bertz CT molecular complexity index is 3060. The van der Waals surface area contributed by atoms with Crippen LogP contribution in [0.3, 0.4) is 0 Å². The molecular weight excluding hydrogens is 1180 g/mol. The van der Waals surface area contributed by atoms with E-state index in [1.807, 2.05) is 5.38 Å². The number of aliphatic hydroxyl groups excluding tert-OH is 1. The fourth-order valence-corrected chi connectivity index (χ4v) is 10.9. The van der Waals surface area contributed by atoms with Crippen LogP contribution in [-0.2, 0) is 54.0 Å². The molecule has 0 radical (unpaired) electrons. The number of nitrogens with zero attached hydrogens (tertiary/aromatic N) is 4. The van der Waals surface area contributed by atoms with Crippen molar-refractivity contribution in [3.05, 3.63) is 104 Å². The predicted octanol–water partition coefficient (Wildman–Crippen LogP) is -0.922. The molecule has 0 aliphatic rings. The summed E-state index contributed by atoms with van der Waals surface area (Å²) in [7, 11) is -1.45. The van der Waals surface area contributed by atoms with Crippen molar-refractivity contribution < 1.29 is 48.0 Å². The zero-order valence-electron chi connectivity index (χ0n) is 49.2. The number of thiazole rings is 2. The van der Waals surface area contributed by atoms with Gasteiger partial charge in [-0.2, -0.15) is 0 Å². The molecule has 3 aromatic heterocycles. The number of carbonyl (C=O) groups excluding carboxylic acids is 7. The van der Waals surface area contributed by atoms with Crippen molar-refractivity contribution in [2.24, 2.45) is 28.9 Å². The van der Waals surface area contributed by atoms with Crippen LogP contribution in [0.4, 0.5) is 5.82 Å². The van der Waals surface area contributed by atoms with Gasteiger partial charge in [0.15, 0.2) is 0 Å². The van der Waals surface area contributed by atoms with Gasteiger partial charge in [0.2, 0.25) is 29.5 Å². The molecule has 27 nitrogen and oxygen atoms in total. The summed E-state index contributed by atoms with van der Waals surface area (Å²) in [6.07, 6.45) is 3.42. The van der Waals surface area contributed by atoms with Crippen molar-refractivity contribution in [2.45, 2.75) is 108 Å². The lowest BCUT2D eigenvalue weighted by Crippen LogP contribution is -2.57. The minimum Gasteiger partial charge on any atom is -0.508 e. The van der Waals surface area contributed by atoms with Gasteiger partial charge in [0.1, 0.15) is 51.6 Å². The Morgan fingerprint density at radius 2 is 1.40 bits per heavy atom. The van der Waals surface area contributed by atoms with Crippen molar-refractivity contribution in [3.8, 4) is 16.5 Å². The molecule has 0 saturated carbocycles. The van der Waals surface area contributed by atoms with Crippen molar-refractivity contribution in [3.63, 3.8) is 0 Å². The van der Waals surface area contributed by atoms with Crippen LogP contribution in [0.2, 0.25) is 0 Å². The Balaban J connectivity index is 1.24. The van der Waals surface area contributed by atoms with E-state index in [0.29, 0.717) is 46.3 Å². The molecule has 474 valence electrons. The van der Waals surface area contributed by atoms with Gasteiger partial charge in [-0.25, -0.2) is 19.9 Å². The minimum absolute atomic E-state index is 0.00635. The second-order valence-corrected chi connectivity index (χ2v) is 24.2. The molecule has 20 N–H and O–H groups in total. The van der Waals surface area contributed by atoms with Gasteiger partial charge in [-0.15, -0.1) is 22.7 Å². The van der Waals surface area contributed by atoms with Crippen molar-refractivity contribution in [1.82, 2.24) is 62.5 Å². The van der Waals surface area contributed by atoms with E-state index in [4.69, 9.17) is 33.7 Å². The molecule has 5 aromatic rings. The molecule has 5 rings (SSSR count). The number of phenolic OH excluding ortho intramolecular Hbond substituents is 1. The van der Waals surface area contributed by atoms with Gasteiger partial charge in [-0.3, -0.25) is 37.8 Å². The molecule has 0 aliphatic carbocycles. The lowest BCUT2D eigenvalue weighted by atomic mass is 9.91. The number of aliphatic hydroxyl groups is 1. The number of hydrogen-bond donors (Lipinski definition) is 15. The quantitative estimate of drug-likeness (QED) is 0.0211. The average molecular weight is 1260 g/mol. The Labute approximate surface area is 516 Å². The number of primary amides is 2. The number of amides is 7. The van der Waals surface area contributed by atoms with Crippen LogP contribution < -0.4 is 71.2 Å². The number of aromatic hydroxyl groups is 1. The first kappa shape index (κ1) is 70.3. The highest BCUT2D eigenvalue weighted by atomic mass is 32.2. The van der Waals surface area contributed by atoms with Gasteiger partial charge in [0.25, 0.3) is 11.8 Å². The van der Waals surface area contributed by atoms with Gasteiger partial charge < -0.3 is 81.4 Å². The molecule has 0 aliphatic heterocycles. The van der Waals surface area contributed by atoms with Crippen LogP contribution in [0.5, 0.6) is 5.75 Å². The lowest BCUT2D eigenvalue weighted by Gasteiger charge is -2.31. The summed E-state index contributed by atoms with van der Waals surface area (Å²) in [5.74, 6) is -6.57. The summed E-state index contributed by atoms with van der Waals surface area (Å²) in [5, 5.41) is 50.5. The Kier molecular flexibility index (Phi) is 29.6. The number of phenols is 1. The van der Waals surface area contributed by atoms with Crippen LogP contribution in [0.1, 0.15) is 100.0 Å². The van der Waals surface area contributed by atoms with E-state index in [1.54, 1.807) is 47.8 Å². The smallest absolute Gasteiger partial charge is 0.271 e. The number of anilines is 1. The van der Waals surface area contributed by atoms with Gasteiger partial charge >= 0.3 is 0 Å². The summed E-state index contributed by atoms with van der Waals surface area (Å²) in [4.78, 5) is 111. The monoisotopic (exact) mass is 1260 g/mol. The van der Waals surface area contributed by atoms with Crippen LogP contribution in [-0.4, -0.2) is 170 Å². The Morgan fingerprint density at radius 1 is 0.724 bits per heavy atom. The normalized spacial score (nSPS) is 14.1. The second-order valence-electron chi connectivity index (χ2n) is 20.9. The van der Waals surface area contributed by atoms with Gasteiger partial charge in [-0.1, -0.05) is 49.4 Å². The highest BCUT2D eigenvalue weighted by Gasteiger charge is 2.35. The maximum absolute atomic E-state index is 14.5. The van der Waals surface area contributed by atoms with Gasteiger partial charge in [0, 0.05) is 78.0 Å². The number of aromatic nitrogens is 4. The third-order valence-electron chi connectivity index (χ3n) is 13.8. The molecular formula is C57H83N17O10S3. The van der Waals surface area contributed by atoms with Crippen molar-refractivity contribution >= 4 is 80.6 Å².